The third-order valence-electron chi connectivity index (χ3n) is 2.27. The summed E-state index contributed by atoms with van der Waals surface area (Å²) in [4.78, 5) is 7.89. The SMILES string of the molecule is CC(Oc1ncnc(Cl)c1Br)c1ccccc1. The Morgan fingerprint density at radius 3 is 2.65 bits per heavy atom. The average Bonchev–Trinajstić information content (AvgIpc) is 2.36. The van der Waals surface area contributed by atoms with E-state index in [-0.39, 0.29) is 6.10 Å². The van der Waals surface area contributed by atoms with Crippen molar-refractivity contribution < 1.29 is 4.74 Å². The van der Waals surface area contributed by atoms with Gasteiger partial charge in [-0.2, -0.15) is 0 Å². The van der Waals surface area contributed by atoms with Gasteiger partial charge in [0.05, 0.1) is 0 Å². The maximum Gasteiger partial charge on any atom is 0.233 e. The lowest BCUT2D eigenvalue weighted by atomic mass is 10.1. The molecule has 0 amide bonds. The van der Waals surface area contributed by atoms with Crippen molar-refractivity contribution in [3.05, 3.63) is 51.8 Å². The Balaban J connectivity index is 2.19. The third kappa shape index (κ3) is 2.96. The molecule has 0 aliphatic heterocycles. The Kier molecular flexibility index (Phi) is 3.97. The molecule has 0 saturated carbocycles. The first-order valence-corrected chi connectivity index (χ1v) is 6.23. The summed E-state index contributed by atoms with van der Waals surface area (Å²) in [6.45, 7) is 1.96. The van der Waals surface area contributed by atoms with E-state index >= 15 is 0 Å². The van der Waals surface area contributed by atoms with Crippen molar-refractivity contribution in [2.75, 3.05) is 0 Å². The first kappa shape index (κ1) is 12.3. The van der Waals surface area contributed by atoms with Crippen LogP contribution in [0.25, 0.3) is 0 Å². The van der Waals surface area contributed by atoms with E-state index in [0.717, 1.165) is 5.56 Å². The van der Waals surface area contributed by atoms with Gasteiger partial charge in [0.2, 0.25) is 5.88 Å². The summed E-state index contributed by atoms with van der Waals surface area (Å²) in [6.07, 6.45) is 1.28. The van der Waals surface area contributed by atoms with E-state index in [1.54, 1.807) is 0 Å². The smallest absolute Gasteiger partial charge is 0.233 e. The van der Waals surface area contributed by atoms with E-state index in [1.165, 1.54) is 6.33 Å². The van der Waals surface area contributed by atoms with Gasteiger partial charge in [-0.05, 0) is 28.4 Å². The monoisotopic (exact) mass is 312 g/mol. The van der Waals surface area contributed by atoms with Crippen molar-refractivity contribution >= 4 is 27.5 Å². The average molecular weight is 314 g/mol. The van der Waals surface area contributed by atoms with E-state index in [4.69, 9.17) is 16.3 Å². The van der Waals surface area contributed by atoms with Crippen molar-refractivity contribution in [2.24, 2.45) is 0 Å². The predicted molar refractivity (Wildman–Crippen MR) is 70.2 cm³/mol. The highest BCUT2D eigenvalue weighted by atomic mass is 79.9. The van der Waals surface area contributed by atoms with Crippen LogP contribution in [-0.2, 0) is 0 Å². The second kappa shape index (κ2) is 5.47. The number of aromatic nitrogens is 2. The molecule has 1 atom stereocenters. The van der Waals surface area contributed by atoms with Gasteiger partial charge in [0.15, 0.2) is 5.15 Å². The Labute approximate surface area is 113 Å². The minimum Gasteiger partial charge on any atom is -0.469 e. The van der Waals surface area contributed by atoms with Gasteiger partial charge in [0.1, 0.15) is 16.9 Å². The summed E-state index contributed by atoms with van der Waals surface area (Å²) in [5.41, 5.74) is 1.08. The molecule has 2 rings (SSSR count). The zero-order chi connectivity index (χ0) is 12.3. The first-order chi connectivity index (χ1) is 8.18. The highest BCUT2D eigenvalue weighted by molar-refractivity contribution is 9.10. The zero-order valence-corrected chi connectivity index (χ0v) is 11.4. The molecular weight excluding hydrogens is 304 g/mol. The van der Waals surface area contributed by atoms with Gasteiger partial charge in [-0.1, -0.05) is 41.9 Å². The second-order valence-corrected chi connectivity index (χ2v) is 4.61. The molecule has 0 bridgehead atoms. The van der Waals surface area contributed by atoms with Crippen LogP contribution in [0.15, 0.2) is 41.1 Å². The standard InChI is InChI=1S/C12H10BrClN2O/c1-8(9-5-3-2-4-6-9)17-12-10(13)11(14)15-7-16-12/h2-8H,1H3. The third-order valence-corrected chi connectivity index (χ3v) is 3.50. The lowest BCUT2D eigenvalue weighted by Crippen LogP contribution is -2.05. The van der Waals surface area contributed by atoms with Gasteiger partial charge in [0, 0.05) is 0 Å². The molecule has 1 heterocycles. The minimum atomic E-state index is -0.0986. The number of ether oxygens (including phenoxy) is 1. The maximum atomic E-state index is 5.87. The summed E-state index contributed by atoms with van der Waals surface area (Å²) in [6, 6.07) is 9.91. The van der Waals surface area contributed by atoms with E-state index < -0.39 is 0 Å². The van der Waals surface area contributed by atoms with Gasteiger partial charge < -0.3 is 4.74 Å². The number of benzene rings is 1. The minimum absolute atomic E-state index is 0.0986. The quantitative estimate of drug-likeness (QED) is 0.802. The number of nitrogens with zero attached hydrogens (tertiary/aromatic N) is 2. The fourth-order valence-corrected chi connectivity index (χ4v) is 1.80. The molecule has 2 aromatic rings. The molecule has 0 N–H and O–H groups in total. The molecule has 0 spiro atoms. The molecule has 0 aliphatic carbocycles. The molecule has 88 valence electrons. The summed E-state index contributed by atoms with van der Waals surface area (Å²) < 4.78 is 6.30. The van der Waals surface area contributed by atoms with E-state index in [9.17, 15) is 0 Å². The number of hydrogen-bond donors (Lipinski definition) is 0. The molecule has 0 fully saturated rings. The molecule has 5 heteroatoms. The summed E-state index contributed by atoms with van der Waals surface area (Å²) in [7, 11) is 0. The Hall–Kier alpha value is -1.13. The van der Waals surface area contributed by atoms with Crippen molar-refractivity contribution in [1.29, 1.82) is 0 Å². The summed E-state index contributed by atoms with van der Waals surface area (Å²) >= 11 is 9.16. The van der Waals surface area contributed by atoms with Crippen LogP contribution in [0, 0.1) is 0 Å². The van der Waals surface area contributed by atoms with E-state index in [0.29, 0.717) is 15.5 Å². The zero-order valence-electron chi connectivity index (χ0n) is 9.10. The van der Waals surface area contributed by atoms with Crippen LogP contribution in [0.1, 0.15) is 18.6 Å². The van der Waals surface area contributed by atoms with E-state index in [2.05, 4.69) is 25.9 Å². The van der Waals surface area contributed by atoms with Crippen molar-refractivity contribution in [3.8, 4) is 5.88 Å². The van der Waals surface area contributed by atoms with Crippen LogP contribution < -0.4 is 4.74 Å². The molecule has 1 aromatic carbocycles. The number of halogens is 2. The van der Waals surface area contributed by atoms with Crippen molar-refractivity contribution in [3.63, 3.8) is 0 Å². The molecule has 3 nitrogen and oxygen atoms in total. The largest absolute Gasteiger partial charge is 0.469 e. The molecule has 1 unspecified atom stereocenters. The van der Waals surface area contributed by atoms with Crippen LogP contribution >= 0.6 is 27.5 Å². The van der Waals surface area contributed by atoms with Gasteiger partial charge in [0.25, 0.3) is 0 Å². The van der Waals surface area contributed by atoms with Gasteiger partial charge in [-0.15, -0.1) is 0 Å². The van der Waals surface area contributed by atoms with Crippen LogP contribution in [0.3, 0.4) is 0 Å². The lowest BCUT2D eigenvalue weighted by Gasteiger charge is -2.15. The lowest BCUT2D eigenvalue weighted by molar-refractivity contribution is 0.215. The molecular formula is C12H10BrClN2O. The molecule has 0 radical (unpaired) electrons. The number of hydrogen-bond acceptors (Lipinski definition) is 3. The Morgan fingerprint density at radius 1 is 1.24 bits per heavy atom. The highest BCUT2D eigenvalue weighted by Gasteiger charge is 2.12. The van der Waals surface area contributed by atoms with Gasteiger partial charge in [-0.3, -0.25) is 0 Å². The van der Waals surface area contributed by atoms with Gasteiger partial charge >= 0.3 is 0 Å². The highest BCUT2D eigenvalue weighted by Crippen LogP contribution is 2.31. The van der Waals surface area contributed by atoms with Crippen molar-refractivity contribution in [1.82, 2.24) is 9.97 Å². The molecule has 1 aromatic heterocycles. The van der Waals surface area contributed by atoms with Crippen molar-refractivity contribution in [2.45, 2.75) is 13.0 Å². The topological polar surface area (TPSA) is 35.0 Å². The second-order valence-electron chi connectivity index (χ2n) is 3.45. The first-order valence-electron chi connectivity index (χ1n) is 5.06. The summed E-state index contributed by atoms with van der Waals surface area (Å²) in [5, 5.41) is 0.343. The van der Waals surface area contributed by atoms with Crippen LogP contribution in [0.4, 0.5) is 0 Å². The number of rotatable bonds is 3. The predicted octanol–water partition coefficient (Wildman–Crippen LogP) is 4.03. The van der Waals surface area contributed by atoms with Crippen LogP contribution in [0.2, 0.25) is 5.15 Å². The normalized spacial score (nSPS) is 12.2. The fourth-order valence-electron chi connectivity index (χ4n) is 1.38. The summed E-state index contributed by atoms with van der Waals surface area (Å²) in [5.74, 6) is 0.446. The molecule has 0 saturated heterocycles. The van der Waals surface area contributed by atoms with Crippen LogP contribution in [-0.4, -0.2) is 9.97 Å². The fraction of sp³-hybridized carbons (Fsp3) is 0.167. The van der Waals surface area contributed by atoms with Crippen LogP contribution in [0.5, 0.6) is 5.88 Å². The Morgan fingerprint density at radius 2 is 1.94 bits per heavy atom. The van der Waals surface area contributed by atoms with E-state index in [1.807, 2.05) is 37.3 Å². The molecule has 17 heavy (non-hydrogen) atoms. The van der Waals surface area contributed by atoms with Gasteiger partial charge in [-0.25, -0.2) is 9.97 Å². The Bertz CT molecular complexity index is 507. The molecule has 0 aliphatic rings. The maximum absolute atomic E-state index is 5.87.